The number of aromatic nitrogens is 3. The number of H-pyrrole nitrogens is 1. The van der Waals surface area contributed by atoms with Crippen LogP contribution in [0, 0.1) is 0 Å². The van der Waals surface area contributed by atoms with E-state index in [0.717, 1.165) is 22.2 Å². The van der Waals surface area contributed by atoms with Crippen molar-refractivity contribution < 1.29 is 4.79 Å². The Bertz CT molecular complexity index is 1470. The lowest BCUT2D eigenvalue weighted by Gasteiger charge is -2.18. The monoisotopic (exact) mass is 426 g/mol. The molecule has 5 rings (SSSR count). The lowest BCUT2D eigenvalue weighted by Crippen LogP contribution is -2.28. The largest absolute Gasteiger partial charge is 0.334 e. The number of thiophene rings is 1. The maximum atomic E-state index is 13.4. The minimum absolute atomic E-state index is 0.163. The molecular weight excluding hydrogens is 408 g/mol. The zero-order valence-electron chi connectivity index (χ0n) is 16.7. The van der Waals surface area contributed by atoms with Gasteiger partial charge < -0.3 is 9.88 Å². The van der Waals surface area contributed by atoms with E-state index in [9.17, 15) is 9.59 Å². The molecule has 7 heteroatoms. The molecule has 6 nitrogen and oxygen atoms in total. The van der Waals surface area contributed by atoms with Crippen molar-refractivity contribution in [3.8, 4) is 11.3 Å². The zero-order valence-corrected chi connectivity index (χ0v) is 17.5. The van der Waals surface area contributed by atoms with Gasteiger partial charge in [-0.2, -0.15) is 0 Å². The molecule has 0 unspecified atom stereocenters. The highest BCUT2D eigenvalue weighted by Gasteiger charge is 2.19. The summed E-state index contributed by atoms with van der Waals surface area (Å²) in [6.07, 6.45) is 0. The van der Waals surface area contributed by atoms with Crippen LogP contribution in [0.5, 0.6) is 0 Å². The van der Waals surface area contributed by atoms with Gasteiger partial charge in [0.2, 0.25) is 0 Å². The molecule has 0 aliphatic rings. The van der Waals surface area contributed by atoms with Gasteiger partial charge in [-0.15, -0.1) is 11.3 Å². The van der Waals surface area contributed by atoms with Crippen LogP contribution in [0.25, 0.3) is 32.4 Å². The van der Waals surface area contributed by atoms with E-state index >= 15 is 0 Å². The lowest BCUT2D eigenvalue weighted by atomic mass is 10.0. The van der Waals surface area contributed by atoms with Gasteiger partial charge in [0.1, 0.15) is 10.5 Å². The molecule has 0 spiro atoms. The molecule has 3 heterocycles. The van der Waals surface area contributed by atoms with E-state index in [4.69, 9.17) is 4.98 Å². The summed E-state index contributed by atoms with van der Waals surface area (Å²) in [6.45, 7) is 0.192. The minimum Gasteiger partial charge on any atom is -0.334 e. The number of nitrogens with one attached hydrogen (secondary N) is 1. The molecule has 0 radical (unpaired) electrons. The van der Waals surface area contributed by atoms with E-state index in [1.165, 1.54) is 11.3 Å². The second-order valence-corrected chi connectivity index (χ2v) is 8.16. The highest BCUT2D eigenvalue weighted by atomic mass is 32.1. The molecular formula is C24H18N4O2S. The summed E-state index contributed by atoms with van der Waals surface area (Å²) >= 11 is 1.35. The van der Waals surface area contributed by atoms with E-state index in [-0.39, 0.29) is 18.0 Å². The van der Waals surface area contributed by atoms with Crippen LogP contribution in [-0.4, -0.2) is 32.8 Å². The van der Waals surface area contributed by atoms with Crippen LogP contribution in [0.1, 0.15) is 16.2 Å². The summed E-state index contributed by atoms with van der Waals surface area (Å²) in [7, 11) is 1.71. The quantitative estimate of drug-likeness (QED) is 0.460. The standard InChI is InChI=1S/C24H18N4O2S/c1-28(14-21-26-19-11-12-31-22(19)23(29)27-21)24(30)17-13-20(15-7-3-2-4-8-15)25-18-10-6-5-9-16(17)18/h2-13H,14H2,1H3,(H,26,27,29). The second-order valence-electron chi connectivity index (χ2n) is 7.25. The second kappa shape index (κ2) is 7.77. The number of nitrogens with zero attached hydrogens (tertiary/aromatic N) is 3. The van der Waals surface area contributed by atoms with Crippen LogP contribution in [0.4, 0.5) is 0 Å². The summed E-state index contributed by atoms with van der Waals surface area (Å²) in [5, 5.41) is 2.62. The van der Waals surface area contributed by atoms with E-state index in [0.29, 0.717) is 21.6 Å². The van der Waals surface area contributed by atoms with Crippen molar-refractivity contribution in [1.82, 2.24) is 19.9 Å². The number of benzene rings is 2. The van der Waals surface area contributed by atoms with Crippen molar-refractivity contribution >= 4 is 38.4 Å². The lowest BCUT2D eigenvalue weighted by molar-refractivity contribution is 0.0783. The van der Waals surface area contributed by atoms with Crippen molar-refractivity contribution in [2.45, 2.75) is 6.54 Å². The van der Waals surface area contributed by atoms with Crippen molar-refractivity contribution in [1.29, 1.82) is 0 Å². The molecule has 2 aromatic carbocycles. The molecule has 1 amide bonds. The van der Waals surface area contributed by atoms with Gasteiger partial charge in [0, 0.05) is 18.0 Å². The number of carbonyl (C=O) groups is 1. The highest BCUT2D eigenvalue weighted by Crippen LogP contribution is 2.26. The fourth-order valence-electron chi connectivity index (χ4n) is 3.61. The Morgan fingerprint density at radius 1 is 1.00 bits per heavy atom. The minimum atomic E-state index is -0.184. The van der Waals surface area contributed by atoms with Crippen LogP contribution in [0.15, 0.2) is 76.9 Å². The summed E-state index contributed by atoms with van der Waals surface area (Å²) in [4.78, 5) is 39.3. The smallest absolute Gasteiger partial charge is 0.268 e. The molecule has 3 aromatic heterocycles. The molecule has 0 saturated heterocycles. The van der Waals surface area contributed by atoms with Gasteiger partial charge in [-0.1, -0.05) is 48.5 Å². The predicted octanol–water partition coefficient (Wildman–Crippen LogP) is 4.47. The fraction of sp³-hybridized carbons (Fsp3) is 0.0833. The summed E-state index contributed by atoms with van der Waals surface area (Å²) < 4.78 is 0.588. The normalized spacial score (nSPS) is 11.1. The average Bonchev–Trinajstić information content (AvgIpc) is 3.27. The van der Waals surface area contributed by atoms with Crippen LogP contribution < -0.4 is 5.56 Å². The number of pyridine rings is 1. The Balaban J connectivity index is 1.54. The fourth-order valence-corrected chi connectivity index (χ4v) is 4.33. The molecule has 0 saturated carbocycles. The Labute approximate surface area is 181 Å². The maximum absolute atomic E-state index is 13.4. The first kappa shape index (κ1) is 19.1. The predicted molar refractivity (Wildman–Crippen MR) is 123 cm³/mol. The number of aromatic amines is 1. The zero-order chi connectivity index (χ0) is 21.4. The van der Waals surface area contributed by atoms with E-state index in [1.807, 2.05) is 72.1 Å². The third kappa shape index (κ3) is 3.60. The van der Waals surface area contributed by atoms with E-state index in [1.54, 1.807) is 11.9 Å². The molecule has 0 bridgehead atoms. The molecule has 0 aliphatic heterocycles. The van der Waals surface area contributed by atoms with Gasteiger partial charge in [-0.3, -0.25) is 9.59 Å². The summed E-state index contributed by atoms with van der Waals surface area (Å²) in [5.74, 6) is 0.289. The molecule has 5 aromatic rings. The molecule has 1 N–H and O–H groups in total. The number of amides is 1. The Morgan fingerprint density at radius 2 is 1.77 bits per heavy atom. The molecule has 0 atom stereocenters. The van der Waals surface area contributed by atoms with Gasteiger partial charge in [-0.05, 0) is 23.6 Å². The van der Waals surface area contributed by atoms with Crippen LogP contribution in [0.2, 0.25) is 0 Å². The molecule has 152 valence electrons. The van der Waals surface area contributed by atoms with Crippen molar-refractivity contribution in [3.63, 3.8) is 0 Å². The van der Waals surface area contributed by atoms with E-state index < -0.39 is 0 Å². The number of para-hydroxylation sites is 1. The number of hydrogen-bond donors (Lipinski definition) is 1. The number of fused-ring (bicyclic) bond motifs is 2. The molecule has 0 aliphatic carbocycles. The van der Waals surface area contributed by atoms with Gasteiger partial charge >= 0.3 is 0 Å². The molecule has 0 fully saturated rings. The SMILES string of the molecule is CN(Cc1nc2ccsc2c(=O)[nH]1)C(=O)c1cc(-c2ccccc2)nc2ccccc12. The Morgan fingerprint density at radius 3 is 2.61 bits per heavy atom. The van der Waals surface area contributed by atoms with Gasteiger partial charge in [0.25, 0.3) is 11.5 Å². The van der Waals surface area contributed by atoms with Gasteiger partial charge in [-0.25, -0.2) is 9.97 Å². The van der Waals surface area contributed by atoms with Crippen LogP contribution >= 0.6 is 11.3 Å². The van der Waals surface area contributed by atoms with Crippen LogP contribution in [-0.2, 0) is 6.54 Å². The van der Waals surface area contributed by atoms with Crippen molar-refractivity contribution in [2.75, 3.05) is 7.05 Å². The number of hydrogen-bond acceptors (Lipinski definition) is 5. The van der Waals surface area contributed by atoms with Gasteiger partial charge in [0.05, 0.1) is 28.8 Å². The third-order valence-electron chi connectivity index (χ3n) is 5.11. The first-order valence-corrected chi connectivity index (χ1v) is 10.7. The first-order chi connectivity index (χ1) is 15.1. The Hall–Kier alpha value is -3.84. The van der Waals surface area contributed by atoms with Crippen molar-refractivity contribution in [2.24, 2.45) is 0 Å². The molecule has 31 heavy (non-hydrogen) atoms. The number of carbonyl (C=O) groups excluding carboxylic acids is 1. The summed E-state index contributed by atoms with van der Waals surface area (Å²) in [5.41, 5.74) is 3.46. The Kier molecular flexibility index (Phi) is 4.80. The third-order valence-corrected chi connectivity index (χ3v) is 6.02. The number of rotatable bonds is 4. The van der Waals surface area contributed by atoms with E-state index in [2.05, 4.69) is 9.97 Å². The maximum Gasteiger partial charge on any atom is 0.268 e. The first-order valence-electron chi connectivity index (χ1n) is 9.77. The topological polar surface area (TPSA) is 79.0 Å². The summed E-state index contributed by atoms with van der Waals surface area (Å²) in [6, 6.07) is 21.0. The van der Waals surface area contributed by atoms with Crippen LogP contribution in [0.3, 0.4) is 0 Å². The van der Waals surface area contributed by atoms with Crippen molar-refractivity contribution in [3.05, 3.63) is 93.9 Å². The van der Waals surface area contributed by atoms with Gasteiger partial charge in [0.15, 0.2) is 0 Å². The highest BCUT2D eigenvalue weighted by molar-refractivity contribution is 7.17. The average molecular weight is 427 g/mol.